The molecule has 0 aromatic heterocycles. The van der Waals surface area contributed by atoms with Crippen LogP contribution in [0.1, 0.15) is 54.4 Å². The van der Waals surface area contributed by atoms with Gasteiger partial charge in [-0.1, -0.05) is 13.8 Å². The number of piperidine rings is 1. The van der Waals surface area contributed by atoms with Crippen molar-refractivity contribution in [3.63, 3.8) is 0 Å². The van der Waals surface area contributed by atoms with Crippen molar-refractivity contribution in [2.75, 3.05) is 6.54 Å². The number of hydrogen-bond acceptors (Lipinski definition) is 3. The highest BCUT2D eigenvalue weighted by Gasteiger charge is 2.31. The van der Waals surface area contributed by atoms with Gasteiger partial charge >= 0.3 is 6.09 Å². The number of carbonyl (C=O) groups excluding carboxylic acids is 1. The van der Waals surface area contributed by atoms with E-state index in [1.807, 2.05) is 25.7 Å². The molecule has 1 saturated heterocycles. The predicted octanol–water partition coefficient (Wildman–Crippen LogP) is 2.77. The van der Waals surface area contributed by atoms with E-state index < -0.39 is 5.60 Å². The van der Waals surface area contributed by atoms with Crippen molar-refractivity contribution in [3.05, 3.63) is 0 Å². The zero-order chi connectivity index (χ0) is 13.9. The van der Waals surface area contributed by atoms with Gasteiger partial charge in [-0.05, 0) is 40.5 Å². The molecule has 0 aromatic rings. The second-order valence-corrected chi connectivity index (χ2v) is 6.58. The van der Waals surface area contributed by atoms with Crippen LogP contribution in [0, 0.1) is 0 Å². The number of nitrogens with zero attached hydrogens (tertiary/aromatic N) is 1. The first-order valence-corrected chi connectivity index (χ1v) is 6.94. The lowest BCUT2D eigenvalue weighted by atomic mass is 9.99. The Bertz CT molecular complexity index is 284. The first-order chi connectivity index (χ1) is 8.19. The Kier molecular flexibility index (Phi) is 5.02. The Hall–Kier alpha value is -0.770. The molecule has 1 N–H and O–H groups in total. The quantitative estimate of drug-likeness (QED) is 0.826. The third-order valence-corrected chi connectivity index (χ3v) is 3.08. The normalized spacial score (nSPS) is 25.4. The van der Waals surface area contributed by atoms with Crippen molar-refractivity contribution in [2.45, 2.75) is 78.1 Å². The summed E-state index contributed by atoms with van der Waals surface area (Å²) in [5.74, 6) is 0. The van der Waals surface area contributed by atoms with Gasteiger partial charge in [-0.15, -0.1) is 0 Å². The summed E-state index contributed by atoms with van der Waals surface area (Å²) in [5.41, 5.74) is -0.421. The van der Waals surface area contributed by atoms with Gasteiger partial charge in [0, 0.05) is 24.7 Å². The maximum absolute atomic E-state index is 12.1. The summed E-state index contributed by atoms with van der Waals surface area (Å²) in [6.45, 7) is 12.8. The smallest absolute Gasteiger partial charge is 0.410 e. The Morgan fingerprint density at radius 1 is 1.33 bits per heavy atom. The van der Waals surface area contributed by atoms with E-state index in [-0.39, 0.29) is 12.1 Å². The first-order valence-electron chi connectivity index (χ1n) is 6.94. The zero-order valence-corrected chi connectivity index (χ0v) is 12.6. The molecular weight excluding hydrogens is 228 g/mol. The van der Waals surface area contributed by atoms with E-state index in [0.29, 0.717) is 12.1 Å². The molecule has 4 heteroatoms. The summed E-state index contributed by atoms with van der Waals surface area (Å²) < 4.78 is 5.46. The number of likely N-dealkylation sites (tertiary alicyclic amines) is 1. The average molecular weight is 256 g/mol. The highest BCUT2D eigenvalue weighted by Crippen LogP contribution is 2.20. The SMILES string of the molecule is CC(C)N[C@@H]1CC[C@H](C)N(C(=O)OC(C)(C)C)C1. The lowest BCUT2D eigenvalue weighted by molar-refractivity contribution is 0.00792. The van der Waals surface area contributed by atoms with E-state index in [1.165, 1.54) is 0 Å². The van der Waals surface area contributed by atoms with Crippen LogP contribution in [0.4, 0.5) is 4.79 Å². The summed E-state index contributed by atoms with van der Waals surface area (Å²) in [6, 6.07) is 1.10. The van der Waals surface area contributed by atoms with Crippen LogP contribution in [-0.4, -0.2) is 41.3 Å². The van der Waals surface area contributed by atoms with Gasteiger partial charge in [0.2, 0.25) is 0 Å². The molecular formula is C14H28N2O2. The maximum atomic E-state index is 12.1. The van der Waals surface area contributed by atoms with Gasteiger partial charge in [0.05, 0.1) is 0 Å². The van der Waals surface area contributed by atoms with E-state index in [4.69, 9.17) is 4.74 Å². The molecule has 18 heavy (non-hydrogen) atoms. The summed E-state index contributed by atoms with van der Waals surface area (Å²) in [7, 11) is 0. The Balaban J connectivity index is 2.59. The van der Waals surface area contributed by atoms with Crippen molar-refractivity contribution in [2.24, 2.45) is 0 Å². The lowest BCUT2D eigenvalue weighted by Crippen LogP contribution is -2.54. The third-order valence-electron chi connectivity index (χ3n) is 3.08. The van der Waals surface area contributed by atoms with Gasteiger partial charge in [-0.3, -0.25) is 0 Å². The summed E-state index contributed by atoms with van der Waals surface area (Å²) in [5, 5.41) is 3.50. The molecule has 1 aliphatic rings. The minimum absolute atomic E-state index is 0.190. The predicted molar refractivity (Wildman–Crippen MR) is 73.7 cm³/mol. The molecule has 0 aromatic carbocycles. The average Bonchev–Trinajstić information content (AvgIpc) is 2.17. The number of rotatable bonds is 2. The Labute approximate surface area is 111 Å². The number of ether oxygens (including phenoxy) is 1. The van der Waals surface area contributed by atoms with Crippen molar-refractivity contribution in [3.8, 4) is 0 Å². The number of carbonyl (C=O) groups is 1. The molecule has 4 nitrogen and oxygen atoms in total. The number of nitrogens with one attached hydrogen (secondary N) is 1. The highest BCUT2D eigenvalue weighted by atomic mass is 16.6. The van der Waals surface area contributed by atoms with E-state index in [0.717, 1.165) is 19.4 Å². The van der Waals surface area contributed by atoms with Crippen molar-refractivity contribution < 1.29 is 9.53 Å². The molecule has 0 unspecified atom stereocenters. The van der Waals surface area contributed by atoms with Crippen molar-refractivity contribution >= 4 is 6.09 Å². The molecule has 0 bridgehead atoms. The van der Waals surface area contributed by atoms with Crippen LogP contribution in [0.25, 0.3) is 0 Å². The van der Waals surface area contributed by atoms with Crippen molar-refractivity contribution in [1.29, 1.82) is 0 Å². The van der Waals surface area contributed by atoms with E-state index in [9.17, 15) is 4.79 Å². The highest BCUT2D eigenvalue weighted by molar-refractivity contribution is 5.68. The van der Waals surface area contributed by atoms with E-state index in [1.54, 1.807) is 0 Å². The van der Waals surface area contributed by atoms with Crippen LogP contribution in [0.2, 0.25) is 0 Å². The molecule has 2 atom stereocenters. The fourth-order valence-electron chi connectivity index (χ4n) is 2.29. The largest absolute Gasteiger partial charge is 0.444 e. The standard InChI is InChI=1S/C14H28N2O2/c1-10(2)15-12-8-7-11(3)16(9-12)13(17)18-14(4,5)6/h10-12,15H,7-9H2,1-6H3/t11-,12+/m0/s1. The number of amides is 1. The molecule has 0 radical (unpaired) electrons. The van der Waals surface area contributed by atoms with Crippen LogP contribution >= 0.6 is 0 Å². The molecule has 0 spiro atoms. The topological polar surface area (TPSA) is 41.6 Å². The van der Waals surface area contributed by atoms with Crippen molar-refractivity contribution in [1.82, 2.24) is 10.2 Å². The van der Waals surface area contributed by atoms with Gasteiger partial charge < -0.3 is 15.0 Å². The van der Waals surface area contributed by atoms with Gasteiger partial charge in [-0.2, -0.15) is 0 Å². The molecule has 1 heterocycles. The first kappa shape index (κ1) is 15.3. The molecule has 1 aliphatic heterocycles. The molecule has 106 valence electrons. The minimum Gasteiger partial charge on any atom is -0.444 e. The Morgan fingerprint density at radius 2 is 1.94 bits per heavy atom. The monoisotopic (exact) mass is 256 g/mol. The van der Waals surface area contributed by atoms with Crippen LogP contribution in [0.3, 0.4) is 0 Å². The van der Waals surface area contributed by atoms with Gasteiger partial charge in [0.25, 0.3) is 0 Å². The van der Waals surface area contributed by atoms with Crippen LogP contribution in [0.5, 0.6) is 0 Å². The Morgan fingerprint density at radius 3 is 2.44 bits per heavy atom. The molecule has 0 aliphatic carbocycles. The second-order valence-electron chi connectivity index (χ2n) is 6.58. The molecule has 1 fully saturated rings. The minimum atomic E-state index is -0.421. The number of hydrogen-bond donors (Lipinski definition) is 1. The van der Waals surface area contributed by atoms with Gasteiger partial charge in [-0.25, -0.2) is 4.79 Å². The zero-order valence-electron chi connectivity index (χ0n) is 12.6. The molecule has 1 rings (SSSR count). The summed E-state index contributed by atoms with van der Waals surface area (Å²) >= 11 is 0. The summed E-state index contributed by atoms with van der Waals surface area (Å²) in [6.07, 6.45) is 1.97. The maximum Gasteiger partial charge on any atom is 0.410 e. The van der Waals surface area contributed by atoms with Gasteiger partial charge in [0.15, 0.2) is 0 Å². The molecule has 1 amide bonds. The van der Waals surface area contributed by atoms with Gasteiger partial charge in [0.1, 0.15) is 5.60 Å². The van der Waals surface area contributed by atoms with E-state index >= 15 is 0 Å². The van der Waals surface area contributed by atoms with Crippen LogP contribution in [0.15, 0.2) is 0 Å². The van der Waals surface area contributed by atoms with E-state index in [2.05, 4.69) is 26.1 Å². The third kappa shape index (κ3) is 4.84. The van der Waals surface area contributed by atoms with Crippen LogP contribution < -0.4 is 5.32 Å². The summed E-state index contributed by atoms with van der Waals surface area (Å²) in [4.78, 5) is 14.0. The molecule has 0 saturated carbocycles. The second kappa shape index (κ2) is 5.91. The fraction of sp³-hybridized carbons (Fsp3) is 0.929. The lowest BCUT2D eigenvalue weighted by Gasteiger charge is -2.39. The fourth-order valence-corrected chi connectivity index (χ4v) is 2.29. The van der Waals surface area contributed by atoms with Crippen LogP contribution in [-0.2, 0) is 4.74 Å².